The van der Waals surface area contributed by atoms with Crippen molar-refractivity contribution < 1.29 is 19.1 Å². The Morgan fingerprint density at radius 2 is 2.09 bits per heavy atom. The molecule has 0 heterocycles. The molecule has 2 radical (unpaired) electrons. The van der Waals surface area contributed by atoms with Gasteiger partial charge in [0.15, 0.2) is 5.81 Å². The van der Waals surface area contributed by atoms with Crippen molar-refractivity contribution in [3.05, 3.63) is 28.8 Å². The van der Waals surface area contributed by atoms with Crippen LogP contribution < -0.4 is 4.74 Å². The molecule has 1 aromatic rings. The molecule has 22 heavy (non-hydrogen) atoms. The van der Waals surface area contributed by atoms with Gasteiger partial charge < -0.3 is 14.4 Å². The Kier molecular flexibility index (Phi) is 7.81. The quantitative estimate of drug-likeness (QED) is 0.419. The lowest BCUT2D eigenvalue weighted by molar-refractivity contribution is -0.142. The first-order valence-corrected chi connectivity index (χ1v) is 7.39. The van der Waals surface area contributed by atoms with E-state index in [0.717, 1.165) is 5.56 Å². The van der Waals surface area contributed by atoms with Crippen molar-refractivity contribution in [2.75, 3.05) is 26.8 Å². The van der Waals surface area contributed by atoms with Crippen molar-refractivity contribution >= 4 is 31.2 Å². The molecule has 0 saturated carbocycles. The Labute approximate surface area is 136 Å². The van der Waals surface area contributed by atoms with Crippen LogP contribution in [-0.2, 0) is 16.0 Å². The Bertz CT molecular complexity index is 524. The average molecular weight is 324 g/mol. The van der Waals surface area contributed by atoms with E-state index in [-0.39, 0.29) is 12.4 Å². The van der Waals surface area contributed by atoms with Crippen molar-refractivity contribution in [3.63, 3.8) is 0 Å². The summed E-state index contributed by atoms with van der Waals surface area (Å²) in [5.74, 6) is -0.223. The molecule has 1 amide bonds. The maximum absolute atomic E-state index is 11.4. The molecule has 1 rings (SSSR count). The van der Waals surface area contributed by atoms with E-state index in [4.69, 9.17) is 28.9 Å². The monoisotopic (exact) mass is 323 g/mol. The molecule has 0 aliphatic heterocycles. The fourth-order valence-corrected chi connectivity index (χ4v) is 2.00. The lowest BCUT2D eigenvalue weighted by Crippen LogP contribution is -2.27. The van der Waals surface area contributed by atoms with E-state index in [1.54, 1.807) is 32.2 Å². The van der Waals surface area contributed by atoms with Gasteiger partial charge in [0, 0.05) is 13.6 Å². The van der Waals surface area contributed by atoms with E-state index >= 15 is 0 Å². The summed E-state index contributed by atoms with van der Waals surface area (Å²) in [5.41, 5.74) is 0.768. The number of carbonyl (C=O) groups is 2. The largest absolute Gasteiger partial charge is 0.492 e. The molecule has 0 aliphatic carbocycles. The summed E-state index contributed by atoms with van der Waals surface area (Å²) in [6.07, 6.45) is 0.817. The van der Waals surface area contributed by atoms with Crippen LogP contribution in [0.2, 0.25) is 5.02 Å². The number of hydrogen-bond donors (Lipinski definition) is 0. The Morgan fingerprint density at radius 1 is 1.36 bits per heavy atom. The minimum Gasteiger partial charge on any atom is -0.492 e. The van der Waals surface area contributed by atoms with Crippen molar-refractivity contribution in [1.29, 1.82) is 0 Å². The summed E-state index contributed by atoms with van der Waals surface area (Å²) < 4.78 is 10.4. The highest BCUT2D eigenvalue weighted by Gasteiger charge is 2.08. The molecule has 0 bridgehead atoms. The van der Waals surface area contributed by atoms with Gasteiger partial charge in [-0.1, -0.05) is 17.7 Å². The third-order valence-electron chi connectivity index (χ3n) is 2.92. The Balaban J connectivity index is 2.45. The molecule has 0 spiro atoms. The van der Waals surface area contributed by atoms with Crippen LogP contribution in [-0.4, -0.2) is 51.3 Å². The Morgan fingerprint density at radius 3 is 2.68 bits per heavy atom. The van der Waals surface area contributed by atoms with Gasteiger partial charge >= 0.3 is 5.97 Å². The van der Waals surface area contributed by atoms with Gasteiger partial charge in [-0.2, -0.15) is 0 Å². The summed E-state index contributed by atoms with van der Waals surface area (Å²) in [6.45, 7) is 3.04. The molecule has 0 atom stereocenters. The second-order valence-electron chi connectivity index (χ2n) is 4.71. The molecule has 0 unspecified atom stereocenters. The van der Waals surface area contributed by atoms with Crippen molar-refractivity contribution in [3.8, 4) is 5.75 Å². The van der Waals surface area contributed by atoms with Gasteiger partial charge in [0.25, 0.3) is 0 Å². The topological polar surface area (TPSA) is 55.8 Å². The van der Waals surface area contributed by atoms with Crippen LogP contribution in [0.3, 0.4) is 0 Å². The van der Waals surface area contributed by atoms with Gasteiger partial charge in [-0.25, -0.2) is 0 Å². The molecule has 0 aliphatic rings. The number of halogens is 1. The number of hydrogen-bond acceptors (Lipinski definition) is 4. The number of ether oxygens (including phenoxy) is 2. The van der Waals surface area contributed by atoms with Crippen LogP contribution >= 0.6 is 11.6 Å². The zero-order valence-electron chi connectivity index (χ0n) is 12.8. The maximum atomic E-state index is 11.4. The van der Waals surface area contributed by atoms with Crippen LogP contribution in [0.15, 0.2) is 18.2 Å². The molecule has 0 N–H and O–H groups in total. The molecule has 7 heteroatoms. The van der Waals surface area contributed by atoms with E-state index in [0.29, 0.717) is 37.0 Å². The summed E-state index contributed by atoms with van der Waals surface area (Å²) in [5, 5.41) is 0.435. The Hall–Kier alpha value is -1.69. The van der Waals surface area contributed by atoms with Crippen molar-refractivity contribution in [2.24, 2.45) is 0 Å². The fourth-order valence-electron chi connectivity index (χ4n) is 1.74. The first-order valence-electron chi connectivity index (χ1n) is 7.01. The number of rotatable bonds is 8. The van der Waals surface area contributed by atoms with Gasteiger partial charge in [0.1, 0.15) is 5.75 Å². The molecule has 0 saturated heterocycles. The highest BCUT2D eigenvalue weighted by atomic mass is 35.5. The summed E-state index contributed by atoms with van der Waals surface area (Å²) in [4.78, 5) is 23.6. The van der Waals surface area contributed by atoms with Gasteiger partial charge in [0.05, 0.1) is 24.7 Å². The first-order chi connectivity index (χ1) is 10.4. The molecule has 0 aromatic heterocycles. The fraction of sp³-hybridized carbons (Fsp3) is 0.467. The molecular formula is C15H19BClNO4. The number of amides is 1. The highest BCUT2D eigenvalue weighted by Crippen LogP contribution is 2.26. The summed E-state index contributed by atoms with van der Waals surface area (Å²) in [6, 6.07) is 5.17. The third-order valence-corrected chi connectivity index (χ3v) is 3.22. The lowest BCUT2D eigenvalue weighted by atomic mass is 10.1. The van der Waals surface area contributed by atoms with Gasteiger partial charge in [-0.05, 0) is 31.0 Å². The number of benzene rings is 1. The third kappa shape index (κ3) is 6.39. The smallest absolute Gasteiger partial charge is 0.310 e. The normalized spacial score (nSPS) is 10.1. The lowest BCUT2D eigenvalue weighted by Gasteiger charge is -2.15. The zero-order chi connectivity index (χ0) is 16.5. The van der Waals surface area contributed by atoms with Crippen LogP contribution in [0.4, 0.5) is 4.79 Å². The van der Waals surface area contributed by atoms with Crippen LogP contribution in [0, 0.1) is 0 Å². The molecular weight excluding hydrogens is 304 g/mol. The van der Waals surface area contributed by atoms with E-state index < -0.39 is 5.81 Å². The first kappa shape index (κ1) is 18.4. The molecule has 5 nitrogen and oxygen atoms in total. The zero-order valence-corrected chi connectivity index (χ0v) is 13.6. The predicted octanol–water partition coefficient (Wildman–Crippen LogP) is 2.43. The van der Waals surface area contributed by atoms with Gasteiger partial charge in [0.2, 0.25) is 7.85 Å². The van der Waals surface area contributed by atoms with Crippen LogP contribution in [0.25, 0.3) is 0 Å². The molecule has 0 fully saturated rings. The van der Waals surface area contributed by atoms with Gasteiger partial charge in [-0.3, -0.25) is 9.59 Å². The predicted molar refractivity (Wildman–Crippen MR) is 85.7 cm³/mol. The second-order valence-corrected chi connectivity index (χ2v) is 5.12. The number of esters is 1. The minimum absolute atomic E-state index is 0.178. The van der Waals surface area contributed by atoms with E-state index in [1.807, 2.05) is 0 Å². The van der Waals surface area contributed by atoms with Crippen molar-refractivity contribution in [2.45, 2.75) is 19.8 Å². The highest BCUT2D eigenvalue weighted by molar-refractivity contribution is 6.56. The summed E-state index contributed by atoms with van der Waals surface area (Å²) in [7, 11) is 6.74. The molecule has 118 valence electrons. The minimum atomic E-state index is -0.471. The average Bonchev–Trinajstić information content (AvgIpc) is 2.45. The number of nitrogens with zero attached hydrogens (tertiary/aromatic N) is 1. The standard InChI is InChI=1S/C15H19BClNO4/c1-3-21-14(19)10-11-5-6-13(12(17)9-11)22-8-4-7-18(2)15(16)20/h5-6,9H,3-4,7-8,10H2,1-2H3. The van der Waals surface area contributed by atoms with Crippen molar-refractivity contribution in [1.82, 2.24) is 4.90 Å². The van der Waals surface area contributed by atoms with Crippen LogP contribution in [0.1, 0.15) is 18.9 Å². The number of carbonyl (C=O) groups excluding carboxylic acids is 2. The summed E-state index contributed by atoms with van der Waals surface area (Å²) >= 11 is 6.12. The molecule has 1 aromatic carbocycles. The van der Waals surface area contributed by atoms with E-state index in [1.165, 1.54) is 4.90 Å². The second kappa shape index (κ2) is 9.36. The van der Waals surface area contributed by atoms with E-state index in [9.17, 15) is 9.59 Å². The van der Waals surface area contributed by atoms with Crippen LogP contribution in [0.5, 0.6) is 5.75 Å². The SMILES string of the molecule is [B]C(=O)N(C)CCCOc1ccc(CC(=O)OCC)cc1Cl. The van der Waals surface area contributed by atoms with E-state index in [2.05, 4.69) is 0 Å². The maximum Gasteiger partial charge on any atom is 0.310 e. The van der Waals surface area contributed by atoms with Gasteiger partial charge in [-0.15, -0.1) is 0 Å².